The van der Waals surface area contributed by atoms with Gasteiger partial charge in [-0.1, -0.05) is 35.9 Å². The van der Waals surface area contributed by atoms with Gasteiger partial charge in [-0.3, -0.25) is 4.79 Å². The number of benzene rings is 2. The van der Waals surface area contributed by atoms with Crippen LogP contribution in [0.25, 0.3) is 0 Å². The van der Waals surface area contributed by atoms with Crippen molar-refractivity contribution in [1.29, 1.82) is 0 Å². The highest BCUT2D eigenvalue weighted by atomic mass is 35.5. The second kappa shape index (κ2) is 5.96. The molecule has 0 N–H and O–H groups in total. The second-order valence-electron chi connectivity index (χ2n) is 5.08. The van der Waals surface area contributed by atoms with Crippen molar-refractivity contribution in [2.45, 2.75) is 18.9 Å². The monoisotopic (exact) mass is 304 g/mol. The molecule has 4 heteroatoms. The average molecular weight is 305 g/mol. The van der Waals surface area contributed by atoms with Gasteiger partial charge in [0.05, 0.1) is 6.61 Å². The van der Waals surface area contributed by atoms with Gasteiger partial charge in [0, 0.05) is 11.4 Å². The van der Waals surface area contributed by atoms with E-state index in [-0.39, 0.29) is 12.2 Å². The summed E-state index contributed by atoms with van der Waals surface area (Å²) in [6.45, 7) is 0.518. The first-order valence-corrected chi connectivity index (χ1v) is 7.19. The molecule has 1 aliphatic heterocycles. The van der Waals surface area contributed by atoms with Crippen molar-refractivity contribution >= 4 is 17.4 Å². The Morgan fingerprint density at radius 3 is 2.95 bits per heavy atom. The number of hydrogen-bond acceptors (Lipinski definition) is 2. The molecule has 0 saturated carbocycles. The molecule has 0 radical (unpaired) electrons. The summed E-state index contributed by atoms with van der Waals surface area (Å²) in [4.78, 5) is 12.5. The summed E-state index contributed by atoms with van der Waals surface area (Å²) in [6.07, 6.45) is 0.283. The molecule has 2 nitrogen and oxygen atoms in total. The third-order valence-corrected chi connectivity index (χ3v) is 4.03. The molecule has 1 heterocycles. The topological polar surface area (TPSA) is 26.3 Å². The van der Waals surface area contributed by atoms with Crippen LogP contribution in [0.3, 0.4) is 0 Å². The SMILES string of the molecule is O=C(Cc1cc(F)ccc1Cl)C1OCCc2ccccc21. The van der Waals surface area contributed by atoms with E-state index in [4.69, 9.17) is 16.3 Å². The quantitative estimate of drug-likeness (QED) is 0.859. The maximum absolute atomic E-state index is 13.3. The van der Waals surface area contributed by atoms with Crippen molar-refractivity contribution in [2.24, 2.45) is 0 Å². The summed E-state index contributed by atoms with van der Waals surface area (Å²) in [6, 6.07) is 11.8. The highest BCUT2D eigenvalue weighted by Crippen LogP contribution is 2.29. The van der Waals surface area contributed by atoms with Crippen LogP contribution >= 0.6 is 11.6 Å². The Hall–Kier alpha value is -1.71. The molecule has 1 aliphatic rings. The van der Waals surface area contributed by atoms with E-state index in [2.05, 4.69) is 0 Å². The van der Waals surface area contributed by atoms with E-state index in [1.54, 1.807) is 0 Å². The minimum absolute atomic E-state index is 0.0651. The van der Waals surface area contributed by atoms with Crippen molar-refractivity contribution in [3.8, 4) is 0 Å². The zero-order valence-electron chi connectivity index (χ0n) is 11.3. The minimum Gasteiger partial charge on any atom is -0.365 e. The summed E-state index contributed by atoms with van der Waals surface area (Å²) in [5.74, 6) is -0.498. The molecule has 0 bridgehead atoms. The predicted octanol–water partition coefficient (Wildman–Crippen LogP) is 3.90. The number of ketones is 1. The molecule has 21 heavy (non-hydrogen) atoms. The number of carbonyl (C=O) groups is 1. The van der Waals surface area contributed by atoms with Gasteiger partial charge in [-0.25, -0.2) is 4.39 Å². The van der Waals surface area contributed by atoms with Gasteiger partial charge in [0.25, 0.3) is 0 Å². The minimum atomic E-state index is -0.589. The molecule has 1 unspecified atom stereocenters. The van der Waals surface area contributed by atoms with Gasteiger partial charge >= 0.3 is 0 Å². The molecular formula is C17H14ClFO2. The Labute approximate surface area is 127 Å². The van der Waals surface area contributed by atoms with Crippen LogP contribution in [-0.2, 0) is 22.4 Å². The summed E-state index contributed by atoms with van der Waals surface area (Å²) in [5.41, 5.74) is 2.53. The van der Waals surface area contributed by atoms with Crippen molar-refractivity contribution in [2.75, 3.05) is 6.61 Å². The molecule has 0 aromatic heterocycles. The van der Waals surface area contributed by atoms with Crippen LogP contribution in [0.4, 0.5) is 4.39 Å². The molecule has 108 valence electrons. The fourth-order valence-electron chi connectivity index (χ4n) is 2.62. The van der Waals surface area contributed by atoms with Crippen LogP contribution in [0.1, 0.15) is 22.8 Å². The number of rotatable bonds is 3. The molecule has 0 amide bonds. The summed E-state index contributed by atoms with van der Waals surface area (Å²) < 4.78 is 18.9. The lowest BCUT2D eigenvalue weighted by Crippen LogP contribution is -2.24. The maximum Gasteiger partial charge on any atom is 0.170 e. The first-order chi connectivity index (χ1) is 10.1. The van der Waals surface area contributed by atoms with Gasteiger partial charge < -0.3 is 4.74 Å². The van der Waals surface area contributed by atoms with Crippen molar-refractivity contribution < 1.29 is 13.9 Å². The standard InChI is InChI=1S/C17H14ClFO2/c18-15-6-5-13(19)9-12(15)10-16(20)17-14-4-2-1-3-11(14)7-8-21-17/h1-6,9,17H,7-8,10H2. The first kappa shape index (κ1) is 14.2. The molecule has 0 saturated heterocycles. The van der Waals surface area contributed by atoms with Gasteiger partial charge in [-0.2, -0.15) is 0 Å². The Balaban J connectivity index is 1.85. The van der Waals surface area contributed by atoms with Crippen LogP contribution < -0.4 is 0 Å². The maximum atomic E-state index is 13.3. The van der Waals surface area contributed by atoms with Crippen molar-refractivity contribution in [3.63, 3.8) is 0 Å². The fourth-order valence-corrected chi connectivity index (χ4v) is 2.80. The Morgan fingerprint density at radius 1 is 1.29 bits per heavy atom. The third kappa shape index (κ3) is 2.99. The summed E-state index contributed by atoms with van der Waals surface area (Å²) >= 11 is 6.02. The van der Waals surface area contributed by atoms with Crippen LogP contribution in [0, 0.1) is 5.82 Å². The average Bonchev–Trinajstić information content (AvgIpc) is 2.50. The lowest BCUT2D eigenvalue weighted by Gasteiger charge is -2.25. The third-order valence-electron chi connectivity index (χ3n) is 3.66. The number of halogens is 2. The number of hydrogen-bond donors (Lipinski definition) is 0. The Kier molecular flexibility index (Phi) is 4.04. The lowest BCUT2D eigenvalue weighted by atomic mass is 9.93. The van der Waals surface area contributed by atoms with Gasteiger partial charge in [0.2, 0.25) is 0 Å². The zero-order chi connectivity index (χ0) is 14.8. The van der Waals surface area contributed by atoms with Crippen LogP contribution in [0.2, 0.25) is 5.02 Å². The molecule has 2 aromatic carbocycles. The fraction of sp³-hybridized carbons (Fsp3) is 0.235. The zero-order valence-corrected chi connectivity index (χ0v) is 12.1. The summed E-state index contributed by atoms with van der Waals surface area (Å²) in [5, 5.41) is 0.397. The van der Waals surface area contributed by atoms with E-state index in [0.29, 0.717) is 17.2 Å². The molecule has 3 rings (SSSR count). The molecule has 2 aromatic rings. The van der Waals surface area contributed by atoms with E-state index in [9.17, 15) is 9.18 Å². The van der Waals surface area contributed by atoms with E-state index < -0.39 is 11.9 Å². The Bertz CT molecular complexity index is 684. The number of Topliss-reactive ketones (excluding diaryl/α,β-unsaturated/α-hetero) is 1. The molecule has 0 aliphatic carbocycles. The molecule has 0 spiro atoms. The van der Waals surface area contributed by atoms with E-state index in [1.165, 1.54) is 18.2 Å². The molecular weight excluding hydrogens is 291 g/mol. The van der Waals surface area contributed by atoms with E-state index in [1.807, 2.05) is 24.3 Å². The predicted molar refractivity (Wildman–Crippen MR) is 79.0 cm³/mol. The lowest BCUT2D eigenvalue weighted by molar-refractivity contribution is -0.131. The van der Waals surface area contributed by atoms with Crippen LogP contribution in [-0.4, -0.2) is 12.4 Å². The number of ether oxygens (including phenoxy) is 1. The van der Waals surface area contributed by atoms with E-state index in [0.717, 1.165) is 17.5 Å². The van der Waals surface area contributed by atoms with Gasteiger partial charge in [0.1, 0.15) is 11.9 Å². The highest BCUT2D eigenvalue weighted by molar-refractivity contribution is 6.31. The molecule has 1 atom stereocenters. The van der Waals surface area contributed by atoms with Crippen LogP contribution in [0.15, 0.2) is 42.5 Å². The number of fused-ring (bicyclic) bond motifs is 1. The normalized spacial score (nSPS) is 17.3. The largest absolute Gasteiger partial charge is 0.365 e. The molecule has 0 fully saturated rings. The van der Waals surface area contributed by atoms with Crippen molar-refractivity contribution in [3.05, 3.63) is 70.0 Å². The van der Waals surface area contributed by atoms with Gasteiger partial charge in [-0.05, 0) is 41.3 Å². The van der Waals surface area contributed by atoms with Gasteiger partial charge in [-0.15, -0.1) is 0 Å². The summed E-state index contributed by atoms with van der Waals surface area (Å²) in [7, 11) is 0. The van der Waals surface area contributed by atoms with Crippen LogP contribution in [0.5, 0.6) is 0 Å². The second-order valence-corrected chi connectivity index (χ2v) is 5.49. The first-order valence-electron chi connectivity index (χ1n) is 6.81. The van der Waals surface area contributed by atoms with Gasteiger partial charge in [0.15, 0.2) is 5.78 Å². The van der Waals surface area contributed by atoms with Crippen molar-refractivity contribution in [1.82, 2.24) is 0 Å². The number of carbonyl (C=O) groups excluding carboxylic acids is 1. The smallest absolute Gasteiger partial charge is 0.170 e. The van der Waals surface area contributed by atoms with E-state index >= 15 is 0 Å². The Morgan fingerprint density at radius 2 is 2.10 bits per heavy atom. The highest BCUT2D eigenvalue weighted by Gasteiger charge is 2.27.